The number of nitrogens with zero attached hydrogens (tertiary/aromatic N) is 18. The number of nitrogens with one attached hydrogen (secondary N) is 1. The minimum atomic E-state index is -1.60. The van der Waals surface area contributed by atoms with Crippen LogP contribution in [0.15, 0.2) is 147 Å². The van der Waals surface area contributed by atoms with E-state index in [0.717, 1.165) is 95.8 Å². The van der Waals surface area contributed by atoms with Gasteiger partial charge in [0.1, 0.15) is 78.2 Å². The van der Waals surface area contributed by atoms with Crippen LogP contribution in [0, 0.1) is 44.3 Å². The summed E-state index contributed by atoms with van der Waals surface area (Å²) in [5.74, 6) is 3.72. The van der Waals surface area contributed by atoms with E-state index in [9.17, 15) is 40.8 Å². The molecular weight excluding hydrogens is 1570 g/mol. The second kappa shape index (κ2) is 39.9. The van der Waals surface area contributed by atoms with Gasteiger partial charge >= 0.3 is 7.12 Å². The Kier molecular flexibility index (Phi) is 33.0. The van der Waals surface area contributed by atoms with Crippen molar-refractivity contribution < 1.29 is 34.3 Å². The first-order valence-electron chi connectivity index (χ1n) is 28.2. The van der Waals surface area contributed by atoms with Crippen LogP contribution >= 0.6 is 104 Å². The first-order valence-corrected chi connectivity index (χ1v) is 32.0. The standard InChI is InChI=1S/C12H12Cl2N4.C12H11ClN4.C7H10IN3.C7H9N3O3.C7H11N3.C5H4BCl2NO2.C5H3ClN2O3.C5H3ClN2O2/c1-18(2)11-5-9(15)8(6-16-11)7-3-4-10(13)17-12(7)14;1-17(2)11-5-9-8(6-14-11)7-3-4-10(13)16-12(7)15-9;1-11(2)7-3-6(9)5(8)4-10-7;1-8(2)7-5-6(10(12)13)3-4-9(7)11;1-10(2)7-5-6(8)3-4-9-7;7-4-2-1-3(6(10)11)5(8)9-4;6-5-3-4(8(10)11)1-2-7(5)9;6-5-3-4(8(9)10)1-2-7-5/h3-6H,1-2H3,(H2,15,16);3-6H,1-2H3,(H,15,16);3-4H,1-2H3,(H2,9,10);3-5H,1-2H3;3-5H,1-2H3,(H2,8,9);1-2,10-11H;1-3H;1-3H. The monoisotopic (exact) mass is 1630 g/mol. The van der Waals surface area contributed by atoms with Crippen molar-refractivity contribution >= 4 is 202 Å². The smallest absolute Gasteiger partial charge is 0.491 e. The molecule has 32 nitrogen and oxygen atoms in total. The molecule has 0 spiro atoms. The number of nitrogen functional groups attached to an aromatic ring is 3. The van der Waals surface area contributed by atoms with E-state index in [0.29, 0.717) is 30.6 Å². The molecule has 0 unspecified atom stereocenters. The van der Waals surface area contributed by atoms with Crippen LogP contribution < -0.4 is 56.6 Å². The summed E-state index contributed by atoms with van der Waals surface area (Å²) in [5.41, 5.74) is 22.5. The molecule has 0 saturated carbocycles. The highest BCUT2D eigenvalue weighted by atomic mass is 127. The molecule has 0 aromatic carbocycles. The quantitative estimate of drug-likeness (QED) is 0.0141. The number of aromatic nitrogens is 11. The minimum absolute atomic E-state index is 0.00694. The lowest BCUT2D eigenvalue weighted by Gasteiger charge is -2.14. The molecule has 0 aliphatic carbocycles. The lowest BCUT2D eigenvalue weighted by atomic mass is 9.82. The summed E-state index contributed by atoms with van der Waals surface area (Å²) in [4.78, 5) is 73.7. The van der Waals surface area contributed by atoms with Crippen molar-refractivity contribution in [1.29, 1.82) is 0 Å². The van der Waals surface area contributed by atoms with Crippen molar-refractivity contribution in [2.75, 3.05) is 112 Å². The van der Waals surface area contributed by atoms with Gasteiger partial charge in [-0.15, -0.1) is 0 Å². The number of nitrogens with two attached hydrogens (primary N) is 3. The van der Waals surface area contributed by atoms with E-state index in [2.05, 4.69) is 67.4 Å². The number of aromatic amines is 1. The molecule has 0 amide bonds. The summed E-state index contributed by atoms with van der Waals surface area (Å²) in [6.45, 7) is 0. The van der Waals surface area contributed by atoms with Crippen LogP contribution in [0.25, 0.3) is 33.1 Å². The van der Waals surface area contributed by atoms with Crippen LogP contribution in [0.2, 0.25) is 36.1 Å². The molecule has 532 valence electrons. The fourth-order valence-electron chi connectivity index (χ4n) is 7.38. The second-order valence-electron chi connectivity index (χ2n) is 20.9. The molecule has 0 bridgehead atoms. The SMILES string of the molecule is CN(C)c1cc(N)c(-c2ccc(Cl)nc2Cl)cn1.CN(C)c1cc(N)c(I)cn1.CN(C)c1cc(N)ccn1.CN(C)c1cc([N+](=O)[O-])cc[n+]1[O-].CN(C)c1cc2[nH]c3nc(Cl)ccc3c2cn1.O=[N+]([O-])c1cc[n+]([O-])c(Cl)c1.O=[N+]([O-])c1ccnc(Cl)c1.OB(O)c1ccc(Cl)nc1Cl. The normalized spacial score (nSPS) is 10.0. The van der Waals surface area contributed by atoms with E-state index in [1.807, 2.05) is 106 Å². The Morgan fingerprint density at radius 3 is 1.46 bits per heavy atom. The third kappa shape index (κ3) is 26.7. The topological polar surface area (TPSA) is 437 Å². The molecule has 0 fully saturated rings. The van der Waals surface area contributed by atoms with Crippen molar-refractivity contribution in [3.8, 4) is 11.1 Å². The van der Waals surface area contributed by atoms with Crippen molar-refractivity contribution in [2.45, 2.75) is 0 Å². The molecule has 11 aromatic heterocycles. The molecule has 11 aromatic rings. The highest BCUT2D eigenvalue weighted by Gasteiger charge is 2.18. The highest BCUT2D eigenvalue weighted by Crippen LogP contribution is 2.33. The van der Waals surface area contributed by atoms with Gasteiger partial charge in [-0.2, -0.15) is 4.73 Å². The van der Waals surface area contributed by atoms with Gasteiger partial charge in [0.2, 0.25) is 0 Å². The number of halogens is 8. The van der Waals surface area contributed by atoms with Gasteiger partial charge in [-0.05, 0) is 70.6 Å². The molecule has 0 saturated heterocycles. The summed E-state index contributed by atoms with van der Waals surface area (Å²) < 4.78 is 1.91. The zero-order valence-electron chi connectivity index (χ0n) is 54.9. The van der Waals surface area contributed by atoms with Crippen LogP contribution in [-0.4, -0.2) is 147 Å². The Hall–Kier alpha value is -9.76. The molecule has 0 atom stereocenters. The van der Waals surface area contributed by atoms with Crippen LogP contribution in [0.5, 0.6) is 0 Å². The average molecular weight is 1640 g/mol. The third-order valence-corrected chi connectivity index (χ3v) is 15.1. The first kappa shape index (κ1) is 83.7. The molecule has 11 heterocycles. The zero-order valence-corrected chi connectivity index (χ0v) is 62.3. The van der Waals surface area contributed by atoms with E-state index in [1.54, 1.807) is 63.0 Å². The zero-order chi connectivity index (χ0) is 75.7. The Balaban J connectivity index is 0.000000247. The molecule has 9 N–H and O–H groups in total. The largest absolute Gasteiger partial charge is 0.711 e. The van der Waals surface area contributed by atoms with Gasteiger partial charge in [-0.1, -0.05) is 75.7 Å². The maximum atomic E-state index is 11.1. The van der Waals surface area contributed by atoms with Crippen LogP contribution in [0.4, 0.5) is 63.2 Å². The number of rotatable bonds is 10. The van der Waals surface area contributed by atoms with E-state index in [-0.39, 0.29) is 49.0 Å². The van der Waals surface area contributed by atoms with Gasteiger partial charge < -0.3 is 62.2 Å². The summed E-state index contributed by atoms with van der Waals surface area (Å²) >= 11 is 41.5. The van der Waals surface area contributed by atoms with Gasteiger partial charge in [0.15, 0.2) is 6.20 Å². The van der Waals surface area contributed by atoms with E-state index in [4.69, 9.17) is 108 Å². The first-order chi connectivity index (χ1) is 47.4. The van der Waals surface area contributed by atoms with Gasteiger partial charge in [0.05, 0.1) is 61.8 Å². The predicted molar refractivity (Wildman–Crippen MR) is 409 cm³/mol. The van der Waals surface area contributed by atoms with Gasteiger partial charge in [0, 0.05) is 156 Å². The summed E-state index contributed by atoms with van der Waals surface area (Å²) in [6.07, 6.45) is 10.4. The van der Waals surface area contributed by atoms with E-state index >= 15 is 0 Å². The average Bonchev–Trinajstić information content (AvgIpc) is 1.70. The van der Waals surface area contributed by atoms with Gasteiger partial charge in [0.25, 0.3) is 28.0 Å². The fraction of sp³-hybridized carbons (Fsp3) is 0.167. The second-order valence-corrected chi connectivity index (χ2v) is 24.7. The summed E-state index contributed by atoms with van der Waals surface area (Å²) in [5, 5.41) is 73.0. The molecular formula is C60H63BCl7IN22O10. The third-order valence-electron chi connectivity index (χ3n) is 12.5. The Bertz CT molecular complexity index is 4640. The van der Waals surface area contributed by atoms with Gasteiger partial charge in [-0.3, -0.25) is 35.2 Å². The molecule has 11 rings (SSSR count). The summed E-state index contributed by atoms with van der Waals surface area (Å²) in [7, 11) is 17.2. The van der Waals surface area contributed by atoms with Crippen molar-refractivity contribution in [3.63, 3.8) is 0 Å². The summed E-state index contributed by atoms with van der Waals surface area (Å²) in [6, 6.07) is 26.2. The number of nitro groups is 3. The number of pyridine rings is 10. The molecule has 0 aliphatic heterocycles. The fourth-order valence-corrected chi connectivity index (χ4v) is 9.05. The lowest BCUT2D eigenvalue weighted by Crippen LogP contribution is -2.33. The molecule has 0 aliphatic rings. The molecule has 0 radical (unpaired) electrons. The Labute approximate surface area is 626 Å². The van der Waals surface area contributed by atoms with Crippen molar-refractivity contribution in [3.05, 3.63) is 227 Å². The van der Waals surface area contributed by atoms with Crippen LogP contribution in [0.1, 0.15) is 0 Å². The van der Waals surface area contributed by atoms with Crippen LogP contribution in [0.3, 0.4) is 0 Å². The highest BCUT2D eigenvalue weighted by molar-refractivity contribution is 14.1. The minimum Gasteiger partial charge on any atom is -0.711 e. The Morgan fingerprint density at radius 1 is 0.485 bits per heavy atom. The predicted octanol–water partition coefficient (Wildman–Crippen LogP) is 10.9. The van der Waals surface area contributed by atoms with Crippen molar-refractivity contribution in [1.82, 2.24) is 44.9 Å². The number of hydrogen-bond acceptors (Lipinski definition) is 26. The maximum Gasteiger partial charge on any atom is 0.491 e. The molecule has 101 heavy (non-hydrogen) atoms. The molecule has 41 heteroatoms. The lowest BCUT2D eigenvalue weighted by molar-refractivity contribution is -0.603. The Morgan fingerprint density at radius 2 is 0.970 bits per heavy atom. The van der Waals surface area contributed by atoms with Gasteiger partial charge in [-0.25, -0.2) is 44.6 Å². The van der Waals surface area contributed by atoms with E-state index < -0.39 is 21.9 Å². The number of fused-ring (bicyclic) bond motifs is 3. The number of hydrogen-bond donors (Lipinski definition) is 6. The number of H-pyrrole nitrogens is 1. The maximum absolute atomic E-state index is 11.1. The van der Waals surface area contributed by atoms with Crippen LogP contribution in [-0.2, 0) is 0 Å². The van der Waals surface area contributed by atoms with E-state index in [1.165, 1.54) is 47.5 Å². The van der Waals surface area contributed by atoms with Crippen molar-refractivity contribution in [2.24, 2.45) is 0 Å². The number of anilines is 8.